The maximum Gasteiger partial charge on any atom is 0.257 e. The zero-order valence-electron chi connectivity index (χ0n) is 22.3. The molecule has 1 unspecified atom stereocenters. The third-order valence-electron chi connectivity index (χ3n) is 6.50. The summed E-state index contributed by atoms with van der Waals surface area (Å²) in [5.41, 5.74) is 4.35. The molecule has 0 radical (unpaired) electrons. The maximum absolute atomic E-state index is 13.7. The van der Waals surface area contributed by atoms with Crippen molar-refractivity contribution < 1.29 is 18.0 Å². The van der Waals surface area contributed by atoms with Gasteiger partial charge in [-0.1, -0.05) is 103 Å². The summed E-state index contributed by atoms with van der Waals surface area (Å²) in [5.74, 6) is -2.51. The van der Waals surface area contributed by atoms with Crippen LogP contribution >= 0.6 is 0 Å². The monoisotopic (exact) mass is 552 g/mol. The predicted molar refractivity (Wildman–Crippen MR) is 161 cm³/mol. The molecule has 0 saturated heterocycles. The van der Waals surface area contributed by atoms with Crippen molar-refractivity contribution in [2.45, 2.75) is 19.8 Å². The molecule has 40 heavy (non-hydrogen) atoms. The van der Waals surface area contributed by atoms with E-state index in [2.05, 4.69) is 4.72 Å². The largest absolute Gasteiger partial charge is 0.312 e. The fourth-order valence-corrected chi connectivity index (χ4v) is 5.28. The number of nitrogens with one attached hydrogen (secondary N) is 1. The molecule has 0 bridgehead atoms. The summed E-state index contributed by atoms with van der Waals surface area (Å²) in [6.45, 7) is 2.15. The van der Waals surface area contributed by atoms with Crippen LogP contribution in [0.1, 0.15) is 24.5 Å². The van der Waals surface area contributed by atoms with Crippen molar-refractivity contribution in [2.24, 2.45) is 5.92 Å². The van der Waals surface area contributed by atoms with Gasteiger partial charge in [0.2, 0.25) is 11.8 Å². The Morgan fingerprint density at radius 2 is 1.40 bits per heavy atom. The average Bonchev–Trinajstić information content (AvgIpc) is 2.98. The van der Waals surface area contributed by atoms with Gasteiger partial charge in [0.25, 0.3) is 10.0 Å². The Morgan fingerprint density at radius 3 is 2.05 bits per heavy atom. The smallest absolute Gasteiger partial charge is 0.257 e. The van der Waals surface area contributed by atoms with E-state index in [1.54, 1.807) is 36.4 Å². The van der Waals surface area contributed by atoms with E-state index >= 15 is 0 Å². The summed E-state index contributed by atoms with van der Waals surface area (Å²) in [6, 6.07) is 35.8. The Bertz CT molecular complexity index is 1550. The number of benzene rings is 4. The van der Waals surface area contributed by atoms with Gasteiger partial charge in [-0.15, -0.1) is 0 Å². The molecule has 0 aliphatic carbocycles. The molecular formula is C33H32N2O4S. The Kier molecular flexibility index (Phi) is 9.65. The summed E-state index contributed by atoms with van der Waals surface area (Å²) in [6.07, 6.45) is 1.96. The average molecular weight is 553 g/mol. The fourth-order valence-electron chi connectivity index (χ4n) is 4.45. The minimum atomic E-state index is -4.13. The first kappa shape index (κ1) is 28.5. The summed E-state index contributed by atoms with van der Waals surface area (Å²) in [4.78, 5) is 28.7. The predicted octanol–water partition coefficient (Wildman–Crippen LogP) is 6.07. The first-order valence-electron chi connectivity index (χ1n) is 13.2. The molecule has 0 fully saturated rings. The quantitative estimate of drug-likeness (QED) is 0.229. The molecule has 204 valence electrons. The van der Waals surface area contributed by atoms with E-state index in [1.807, 2.05) is 85.8 Å². The van der Waals surface area contributed by atoms with Crippen molar-refractivity contribution in [1.82, 2.24) is 4.72 Å². The molecule has 2 amide bonds. The molecule has 1 N–H and O–H groups in total. The van der Waals surface area contributed by atoms with E-state index in [0.29, 0.717) is 24.2 Å². The first-order valence-corrected chi connectivity index (χ1v) is 14.7. The molecule has 0 aromatic heterocycles. The number of hydrogen-bond acceptors (Lipinski definition) is 4. The number of rotatable bonds is 11. The molecule has 4 rings (SSSR count). The second-order valence-corrected chi connectivity index (χ2v) is 10.9. The van der Waals surface area contributed by atoms with Crippen molar-refractivity contribution in [3.8, 4) is 11.1 Å². The van der Waals surface area contributed by atoms with Crippen LogP contribution in [0.5, 0.6) is 0 Å². The van der Waals surface area contributed by atoms with Gasteiger partial charge in [0, 0.05) is 12.2 Å². The topological polar surface area (TPSA) is 83.6 Å². The lowest BCUT2D eigenvalue weighted by atomic mass is 9.95. The number of carbonyl (C=O) groups is 2. The van der Waals surface area contributed by atoms with Crippen LogP contribution in [0.3, 0.4) is 0 Å². The number of nitrogens with zero attached hydrogens (tertiary/aromatic N) is 1. The number of aryl methyl sites for hydroxylation is 1. The molecule has 0 saturated carbocycles. The molecule has 6 nitrogen and oxygen atoms in total. The van der Waals surface area contributed by atoms with Crippen LogP contribution in [0.4, 0.5) is 5.69 Å². The molecule has 0 heterocycles. The van der Waals surface area contributed by atoms with Crippen molar-refractivity contribution in [2.75, 3.05) is 11.4 Å². The number of sulfonamides is 1. The highest BCUT2D eigenvalue weighted by molar-refractivity contribution is 7.93. The van der Waals surface area contributed by atoms with Gasteiger partial charge in [0.05, 0.1) is 5.41 Å². The van der Waals surface area contributed by atoms with Crippen LogP contribution in [-0.4, -0.2) is 26.8 Å². The highest BCUT2D eigenvalue weighted by Gasteiger charge is 2.32. The Labute approximate surface area is 236 Å². The number of anilines is 1. The van der Waals surface area contributed by atoms with Crippen LogP contribution in [0.15, 0.2) is 121 Å². The lowest BCUT2D eigenvalue weighted by Gasteiger charge is -2.26. The number of hydrogen-bond donors (Lipinski definition) is 1. The SMILES string of the molecule is CCN(C(=O)C(CCc1cccc(-c2ccccc2)c1)C(=O)NS(=O)(=O)/C=C/c1ccccc1)c1ccccc1. The van der Waals surface area contributed by atoms with Crippen molar-refractivity contribution in [3.63, 3.8) is 0 Å². The highest BCUT2D eigenvalue weighted by Crippen LogP contribution is 2.23. The molecule has 0 spiro atoms. The lowest BCUT2D eigenvalue weighted by Crippen LogP contribution is -2.45. The molecular weight excluding hydrogens is 520 g/mol. The number of carbonyl (C=O) groups excluding carboxylic acids is 2. The first-order chi connectivity index (χ1) is 19.4. The maximum atomic E-state index is 13.7. The second kappa shape index (κ2) is 13.5. The van der Waals surface area contributed by atoms with Crippen molar-refractivity contribution >= 4 is 33.6 Å². The van der Waals surface area contributed by atoms with Crippen molar-refractivity contribution in [1.29, 1.82) is 0 Å². The van der Waals surface area contributed by atoms with Gasteiger partial charge in [-0.3, -0.25) is 9.59 Å². The lowest BCUT2D eigenvalue weighted by molar-refractivity contribution is -0.132. The number of para-hydroxylation sites is 1. The summed E-state index contributed by atoms with van der Waals surface area (Å²) >= 11 is 0. The summed E-state index contributed by atoms with van der Waals surface area (Å²) in [5, 5.41) is 0.944. The molecule has 7 heteroatoms. The van der Waals surface area contributed by atoms with Gasteiger partial charge >= 0.3 is 0 Å². The molecule has 0 aliphatic heterocycles. The summed E-state index contributed by atoms with van der Waals surface area (Å²) < 4.78 is 27.7. The van der Waals surface area contributed by atoms with E-state index in [0.717, 1.165) is 22.1 Å². The molecule has 4 aromatic rings. The van der Waals surface area contributed by atoms with Crippen LogP contribution < -0.4 is 9.62 Å². The van der Waals surface area contributed by atoms with Crippen LogP contribution in [0.25, 0.3) is 17.2 Å². The van der Waals surface area contributed by atoms with E-state index in [-0.39, 0.29) is 6.42 Å². The van der Waals surface area contributed by atoms with Gasteiger partial charge in [0.1, 0.15) is 5.92 Å². The van der Waals surface area contributed by atoms with Gasteiger partial charge in [-0.2, -0.15) is 0 Å². The van der Waals surface area contributed by atoms with Gasteiger partial charge in [-0.05, 0) is 60.2 Å². The fraction of sp³-hybridized carbons (Fsp3) is 0.152. The Hall–Kier alpha value is -4.49. The summed E-state index contributed by atoms with van der Waals surface area (Å²) in [7, 11) is -4.13. The third kappa shape index (κ3) is 7.77. The van der Waals surface area contributed by atoms with E-state index < -0.39 is 27.8 Å². The Balaban J connectivity index is 1.57. The molecule has 1 atom stereocenters. The Morgan fingerprint density at radius 1 is 0.800 bits per heavy atom. The second-order valence-electron chi connectivity index (χ2n) is 9.30. The molecule has 0 aliphatic rings. The van der Waals surface area contributed by atoms with Crippen LogP contribution in [0, 0.1) is 5.92 Å². The zero-order chi connectivity index (χ0) is 28.4. The minimum absolute atomic E-state index is 0.143. The zero-order valence-corrected chi connectivity index (χ0v) is 23.1. The van der Waals surface area contributed by atoms with Gasteiger partial charge in [0.15, 0.2) is 0 Å². The normalized spacial score (nSPS) is 12.1. The van der Waals surface area contributed by atoms with Gasteiger partial charge in [-0.25, -0.2) is 13.1 Å². The highest BCUT2D eigenvalue weighted by atomic mass is 32.2. The molecule has 4 aromatic carbocycles. The van der Waals surface area contributed by atoms with Crippen LogP contribution in [-0.2, 0) is 26.0 Å². The van der Waals surface area contributed by atoms with E-state index in [4.69, 9.17) is 0 Å². The van der Waals surface area contributed by atoms with Crippen LogP contribution in [0.2, 0.25) is 0 Å². The van der Waals surface area contributed by atoms with Crippen molar-refractivity contribution in [3.05, 3.63) is 132 Å². The minimum Gasteiger partial charge on any atom is -0.312 e. The van der Waals surface area contributed by atoms with E-state index in [1.165, 1.54) is 11.0 Å². The number of amides is 2. The van der Waals surface area contributed by atoms with Gasteiger partial charge < -0.3 is 4.90 Å². The van der Waals surface area contributed by atoms with E-state index in [9.17, 15) is 18.0 Å². The third-order valence-corrected chi connectivity index (χ3v) is 7.48. The standard InChI is InChI=1S/C33H32N2O4S/c1-2-35(30-19-10-5-11-20-30)33(37)31(32(36)34-40(38,39)24-23-26-13-6-3-7-14-26)22-21-27-15-12-18-29(25-27)28-16-8-4-9-17-28/h3-20,23-25,31H,2,21-22H2,1H3,(H,34,36)/b24-23+.